The Hall–Kier alpha value is -6.72. The molecule has 3 saturated heterocycles. The lowest BCUT2D eigenvalue weighted by atomic mass is 10.0. The summed E-state index contributed by atoms with van der Waals surface area (Å²) in [5.41, 5.74) is 9.79. The van der Waals surface area contributed by atoms with Gasteiger partial charge >= 0.3 is 0 Å². The summed E-state index contributed by atoms with van der Waals surface area (Å²) in [6, 6.07) is 21.5. The molecule has 0 saturated carbocycles. The second kappa shape index (κ2) is 18.9. The number of carbonyl (C=O) groups excluding carboxylic acids is 5. The molecule has 4 aliphatic heterocycles. The number of piperazine rings is 1. The normalized spacial score (nSPS) is 19.6. The van der Waals surface area contributed by atoms with Crippen LogP contribution in [0.2, 0.25) is 0 Å². The van der Waals surface area contributed by atoms with Crippen LogP contribution in [0.4, 0.5) is 11.5 Å². The number of nitrogens with one attached hydrogen (secondary N) is 2. The number of benzene rings is 3. The van der Waals surface area contributed by atoms with Crippen LogP contribution >= 0.6 is 0 Å². The zero-order valence-corrected chi connectivity index (χ0v) is 35.8. The maximum absolute atomic E-state index is 13.6. The number of aromatic nitrogens is 4. The number of anilines is 2. The highest BCUT2D eigenvalue weighted by Gasteiger charge is 2.45. The van der Waals surface area contributed by atoms with Crippen LogP contribution in [-0.4, -0.2) is 134 Å². The first-order chi connectivity index (χ1) is 31.2. The average molecular weight is 868 g/mol. The average Bonchev–Trinajstić information content (AvgIpc) is 3.83. The van der Waals surface area contributed by atoms with Gasteiger partial charge in [0.25, 0.3) is 11.8 Å². The fraction of sp³-hybridized carbons (Fsp3) is 0.404. The molecule has 17 nitrogen and oxygen atoms in total. The minimum atomic E-state index is -0.990. The topological polar surface area (TPSA) is 201 Å². The number of nitrogens with zero attached hydrogens (tertiary/aromatic N) is 8. The first kappa shape index (κ1) is 42.6. The summed E-state index contributed by atoms with van der Waals surface area (Å²) in [7, 11) is 0. The van der Waals surface area contributed by atoms with E-state index in [2.05, 4.69) is 30.4 Å². The number of imide groups is 2. The molecule has 2 unspecified atom stereocenters. The number of likely N-dealkylation sites (tertiary alicyclic amines) is 1. The van der Waals surface area contributed by atoms with Gasteiger partial charge in [-0.3, -0.25) is 34.2 Å². The number of nitrogen functional groups attached to an aromatic ring is 1. The standard InChI is InChI=1S/C47H53N11O6/c48-43-41-42(31-15-17-34(18-16-31)64-33-10-2-1-3-11-33)53-58(44(41)51-30-50-43)32-9-7-24-56(29-32)39(60)14-8-23-55-27-25-54(26-28-55)22-5-4-21-49-36-13-6-12-35-40(36)47(63)57(46(35)62)37-19-20-38(59)52-45(37)61/h1-3,6,10-13,15-18,30,32,37,49H,4-5,7-9,14,19-29H2,(H2,48,50,51)(H,52,59,61). The molecular weight excluding hydrogens is 815 g/mol. The third-order valence-corrected chi connectivity index (χ3v) is 12.7. The van der Waals surface area contributed by atoms with Crippen molar-refractivity contribution >= 4 is 52.1 Å². The Labute approximate surface area is 370 Å². The lowest BCUT2D eigenvalue weighted by Gasteiger charge is -2.35. The summed E-state index contributed by atoms with van der Waals surface area (Å²) in [5, 5.41) is 11.3. The zero-order chi connectivity index (χ0) is 44.2. The summed E-state index contributed by atoms with van der Waals surface area (Å²) in [5.74, 6) is -0.0351. The molecule has 17 heteroatoms. The highest BCUT2D eigenvalue weighted by atomic mass is 16.5. The maximum Gasteiger partial charge on any atom is 0.264 e. The fourth-order valence-corrected chi connectivity index (χ4v) is 9.33. The Morgan fingerprint density at radius 3 is 2.33 bits per heavy atom. The lowest BCUT2D eigenvalue weighted by Crippen LogP contribution is -2.54. The van der Waals surface area contributed by atoms with Crippen molar-refractivity contribution in [3.05, 3.63) is 90.3 Å². The first-order valence-electron chi connectivity index (χ1n) is 22.3. The number of amides is 5. The summed E-state index contributed by atoms with van der Waals surface area (Å²) in [6.45, 7) is 7.59. The van der Waals surface area contributed by atoms with Gasteiger partial charge in [0.15, 0.2) is 5.65 Å². The van der Waals surface area contributed by atoms with Gasteiger partial charge in [0.1, 0.15) is 35.4 Å². The molecule has 0 spiro atoms. The monoisotopic (exact) mass is 867 g/mol. The number of nitrogens with two attached hydrogens (primary N) is 1. The largest absolute Gasteiger partial charge is 0.457 e. The van der Waals surface area contributed by atoms with Crippen molar-refractivity contribution in [1.29, 1.82) is 0 Å². The van der Waals surface area contributed by atoms with E-state index in [-0.39, 0.29) is 35.9 Å². The number of para-hydroxylation sites is 1. The molecular formula is C47H53N11O6. The van der Waals surface area contributed by atoms with Gasteiger partial charge in [-0.1, -0.05) is 24.3 Å². The van der Waals surface area contributed by atoms with Crippen LogP contribution in [0.25, 0.3) is 22.3 Å². The van der Waals surface area contributed by atoms with Gasteiger partial charge in [-0.15, -0.1) is 0 Å². The van der Waals surface area contributed by atoms with Gasteiger partial charge < -0.3 is 30.5 Å². The van der Waals surface area contributed by atoms with Gasteiger partial charge in [-0.2, -0.15) is 5.10 Å². The zero-order valence-electron chi connectivity index (χ0n) is 35.8. The van der Waals surface area contributed by atoms with Gasteiger partial charge in [0.2, 0.25) is 17.7 Å². The Balaban J connectivity index is 0.705. The van der Waals surface area contributed by atoms with E-state index in [0.717, 1.165) is 94.1 Å². The van der Waals surface area contributed by atoms with E-state index in [0.29, 0.717) is 53.5 Å². The summed E-state index contributed by atoms with van der Waals surface area (Å²) >= 11 is 0. The smallest absolute Gasteiger partial charge is 0.264 e. The lowest BCUT2D eigenvalue weighted by molar-refractivity contribution is -0.136. The molecule has 6 heterocycles. The van der Waals surface area contributed by atoms with Crippen molar-refractivity contribution in [2.24, 2.45) is 0 Å². The highest BCUT2D eigenvalue weighted by Crippen LogP contribution is 2.36. The van der Waals surface area contributed by atoms with E-state index in [9.17, 15) is 24.0 Å². The number of unbranched alkanes of at least 4 members (excludes halogenated alkanes) is 1. The second-order valence-electron chi connectivity index (χ2n) is 16.9. The summed E-state index contributed by atoms with van der Waals surface area (Å²) in [6.07, 6.45) is 6.56. The predicted molar refractivity (Wildman–Crippen MR) is 239 cm³/mol. The molecule has 0 aliphatic carbocycles. The van der Waals surface area contributed by atoms with Gasteiger partial charge in [0.05, 0.1) is 22.6 Å². The van der Waals surface area contributed by atoms with Crippen LogP contribution in [0, 0.1) is 0 Å². The second-order valence-corrected chi connectivity index (χ2v) is 16.9. The molecule has 2 aromatic heterocycles. The van der Waals surface area contributed by atoms with E-state index in [4.69, 9.17) is 15.6 Å². The van der Waals surface area contributed by atoms with E-state index in [1.54, 1.807) is 18.2 Å². The number of ether oxygens (including phenoxy) is 1. The summed E-state index contributed by atoms with van der Waals surface area (Å²) < 4.78 is 7.93. The third kappa shape index (κ3) is 9.03. The van der Waals surface area contributed by atoms with Crippen molar-refractivity contribution in [2.75, 3.05) is 70.0 Å². The molecule has 5 aromatic rings. The molecule has 3 aromatic carbocycles. The van der Waals surface area contributed by atoms with Crippen molar-refractivity contribution in [1.82, 2.24) is 44.7 Å². The molecule has 64 heavy (non-hydrogen) atoms. The van der Waals surface area contributed by atoms with Crippen molar-refractivity contribution in [3.8, 4) is 22.8 Å². The molecule has 0 radical (unpaired) electrons. The number of piperidine rings is 2. The molecule has 0 bridgehead atoms. The molecule has 9 rings (SSSR count). The van der Waals surface area contributed by atoms with Crippen molar-refractivity contribution < 1.29 is 28.7 Å². The SMILES string of the molecule is Nc1ncnc2c1c(-c1ccc(Oc3ccccc3)cc1)nn2C1CCCN(C(=O)CCCN2CCN(CCCCNc3cccc4c3C(=O)N(C3CCC(=O)NC3=O)C4=O)CC2)C1. The van der Waals surface area contributed by atoms with Crippen LogP contribution in [0.15, 0.2) is 79.1 Å². The molecule has 3 fully saturated rings. The highest BCUT2D eigenvalue weighted by molar-refractivity contribution is 6.25. The minimum Gasteiger partial charge on any atom is -0.457 e. The van der Waals surface area contributed by atoms with Crippen molar-refractivity contribution in [2.45, 2.75) is 63.5 Å². The summed E-state index contributed by atoms with van der Waals surface area (Å²) in [4.78, 5) is 81.0. The van der Waals surface area contributed by atoms with E-state index in [1.165, 1.54) is 6.33 Å². The fourth-order valence-electron chi connectivity index (χ4n) is 9.33. The van der Waals surface area contributed by atoms with E-state index >= 15 is 0 Å². The Morgan fingerprint density at radius 2 is 1.56 bits per heavy atom. The molecule has 332 valence electrons. The number of fused-ring (bicyclic) bond motifs is 2. The van der Waals surface area contributed by atoms with Crippen LogP contribution in [-0.2, 0) is 14.4 Å². The molecule has 4 aliphatic rings. The van der Waals surface area contributed by atoms with Gasteiger partial charge in [-0.05, 0) is 100 Å². The van der Waals surface area contributed by atoms with E-state index in [1.807, 2.05) is 64.2 Å². The Bertz CT molecular complexity index is 2540. The predicted octanol–water partition coefficient (Wildman–Crippen LogP) is 4.72. The minimum absolute atomic E-state index is 0.0421. The quantitative estimate of drug-likeness (QED) is 0.0965. The number of hydrogen-bond donors (Lipinski definition) is 3. The van der Waals surface area contributed by atoms with Crippen LogP contribution < -0.4 is 21.1 Å². The van der Waals surface area contributed by atoms with Crippen LogP contribution in [0.3, 0.4) is 0 Å². The molecule has 4 N–H and O–H groups in total. The van der Waals surface area contributed by atoms with Gasteiger partial charge in [0, 0.05) is 69.9 Å². The van der Waals surface area contributed by atoms with Crippen molar-refractivity contribution in [3.63, 3.8) is 0 Å². The molecule has 5 amide bonds. The number of carbonyl (C=O) groups is 5. The Kier molecular flexibility index (Phi) is 12.6. The Morgan fingerprint density at radius 1 is 0.812 bits per heavy atom. The van der Waals surface area contributed by atoms with Crippen LogP contribution in [0.5, 0.6) is 11.5 Å². The van der Waals surface area contributed by atoms with Gasteiger partial charge in [-0.25, -0.2) is 14.6 Å². The van der Waals surface area contributed by atoms with Crippen LogP contribution in [0.1, 0.15) is 78.1 Å². The maximum atomic E-state index is 13.6. The molecule has 2 atom stereocenters. The third-order valence-electron chi connectivity index (χ3n) is 12.7. The number of rotatable bonds is 15. The van der Waals surface area contributed by atoms with E-state index < -0.39 is 29.7 Å². The number of hydrogen-bond acceptors (Lipinski definition) is 13. The first-order valence-corrected chi connectivity index (χ1v) is 22.3.